The van der Waals surface area contributed by atoms with Crippen molar-refractivity contribution in [2.24, 2.45) is 22.7 Å². The molecule has 0 amide bonds. The maximum absolute atomic E-state index is 13.1. The number of aliphatic hydroxyl groups is 1. The fourth-order valence-corrected chi connectivity index (χ4v) is 6.22. The molecule has 4 rings (SSSR count). The summed E-state index contributed by atoms with van der Waals surface area (Å²) in [6.07, 6.45) is 4.10. The average molecular weight is 291 g/mol. The Balaban J connectivity index is 1.86. The van der Waals surface area contributed by atoms with Crippen LogP contribution in [0.1, 0.15) is 45.4 Å². The number of carbonyl (C=O) groups excluding carboxylic acids is 2. The number of fused-ring (bicyclic) bond motifs is 1. The van der Waals surface area contributed by atoms with E-state index in [4.69, 9.17) is 0 Å². The summed E-state index contributed by atoms with van der Waals surface area (Å²) in [4.78, 5) is 28.3. The summed E-state index contributed by atoms with van der Waals surface area (Å²) < 4.78 is 0. The Morgan fingerprint density at radius 3 is 2.86 bits per heavy atom. The van der Waals surface area contributed by atoms with Crippen LogP contribution in [-0.4, -0.2) is 47.3 Å². The summed E-state index contributed by atoms with van der Waals surface area (Å²) >= 11 is 0. The molecule has 6 atom stereocenters. The van der Waals surface area contributed by atoms with Crippen molar-refractivity contribution in [2.75, 3.05) is 19.6 Å². The summed E-state index contributed by atoms with van der Waals surface area (Å²) in [7, 11) is 0. The Morgan fingerprint density at radius 1 is 1.24 bits per heavy atom. The predicted octanol–water partition coefficient (Wildman–Crippen LogP) is 1.41. The SMILES string of the molecule is CC1CC(=O)C23CCCN4CC(O)CC2(C4)C(=O)CC3C1. The van der Waals surface area contributed by atoms with Gasteiger partial charge in [-0.05, 0) is 44.1 Å². The molecular weight excluding hydrogens is 266 g/mol. The fraction of sp³-hybridized carbons (Fsp3) is 0.882. The van der Waals surface area contributed by atoms with Crippen molar-refractivity contribution in [3.05, 3.63) is 0 Å². The number of piperidine rings is 1. The summed E-state index contributed by atoms with van der Waals surface area (Å²) in [6.45, 7) is 4.43. The number of hydrogen-bond acceptors (Lipinski definition) is 4. The molecule has 0 aromatic carbocycles. The summed E-state index contributed by atoms with van der Waals surface area (Å²) in [5.74, 6) is 1.23. The van der Waals surface area contributed by atoms with Crippen molar-refractivity contribution < 1.29 is 14.7 Å². The standard InChI is InChI=1S/C17H25NO3/c1-11-5-12-7-14(20)16-8-13(19)9-18(10-16)4-2-3-17(12,16)15(21)6-11/h11-13,19H,2-10H2,1H3. The summed E-state index contributed by atoms with van der Waals surface area (Å²) in [6, 6.07) is 0. The van der Waals surface area contributed by atoms with Crippen LogP contribution < -0.4 is 0 Å². The van der Waals surface area contributed by atoms with E-state index in [-0.39, 0.29) is 11.7 Å². The monoisotopic (exact) mass is 291 g/mol. The highest BCUT2D eigenvalue weighted by molar-refractivity contribution is 6.00. The quantitative estimate of drug-likeness (QED) is 0.733. The molecule has 2 bridgehead atoms. The lowest BCUT2D eigenvalue weighted by Gasteiger charge is -2.52. The topological polar surface area (TPSA) is 57.6 Å². The zero-order valence-corrected chi connectivity index (χ0v) is 12.8. The number of hydrogen-bond donors (Lipinski definition) is 1. The van der Waals surface area contributed by atoms with Gasteiger partial charge in [0.1, 0.15) is 11.6 Å². The van der Waals surface area contributed by atoms with Gasteiger partial charge >= 0.3 is 0 Å². The average Bonchev–Trinajstić information content (AvgIpc) is 2.53. The van der Waals surface area contributed by atoms with Crippen LogP contribution in [0.15, 0.2) is 0 Å². The van der Waals surface area contributed by atoms with Crippen molar-refractivity contribution in [1.82, 2.24) is 4.90 Å². The van der Waals surface area contributed by atoms with Gasteiger partial charge in [-0.3, -0.25) is 14.5 Å². The lowest BCUT2D eigenvalue weighted by atomic mass is 9.51. The minimum absolute atomic E-state index is 0.228. The largest absolute Gasteiger partial charge is 0.392 e. The molecule has 4 heteroatoms. The predicted molar refractivity (Wildman–Crippen MR) is 77.7 cm³/mol. The highest BCUT2D eigenvalue weighted by Crippen LogP contribution is 2.65. The molecule has 4 nitrogen and oxygen atoms in total. The first-order chi connectivity index (χ1) is 9.98. The zero-order valence-electron chi connectivity index (χ0n) is 12.8. The molecule has 1 N–H and O–H groups in total. The third kappa shape index (κ3) is 1.63. The molecule has 2 heterocycles. The minimum Gasteiger partial charge on any atom is -0.392 e. The smallest absolute Gasteiger partial charge is 0.141 e. The molecule has 6 unspecified atom stereocenters. The Morgan fingerprint density at radius 2 is 2.05 bits per heavy atom. The molecule has 2 aliphatic carbocycles. The van der Waals surface area contributed by atoms with Gasteiger partial charge in [0.2, 0.25) is 0 Å². The van der Waals surface area contributed by atoms with Crippen molar-refractivity contribution >= 4 is 11.6 Å². The number of rotatable bonds is 0. The van der Waals surface area contributed by atoms with Crippen molar-refractivity contribution in [2.45, 2.75) is 51.6 Å². The maximum atomic E-state index is 13.1. The first-order valence-electron chi connectivity index (χ1n) is 8.45. The van der Waals surface area contributed by atoms with Gasteiger partial charge < -0.3 is 5.11 Å². The molecule has 0 aromatic rings. The first kappa shape index (κ1) is 13.9. The molecule has 2 saturated heterocycles. The van der Waals surface area contributed by atoms with E-state index in [0.717, 1.165) is 25.8 Å². The summed E-state index contributed by atoms with van der Waals surface area (Å²) in [5, 5.41) is 10.3. The van der Waals surface area contributed by atoms with Gasteiger partial charge in [0.05, 0.1) is 11.5 Å². The second kappa shape index (κ2) is 4.39. The second-order valence-corrected chi connectivity index (χ2v) is 8.04. The van der Waals surface area contributed by atoms with E-state index in [1.165, 1.54) is 0 Å². The van der Waals surface area contributed by atoms with Gasteiger partial charge in [0.25, 0.3) is 0 Å². The molecule has 0 radical (unpaired) electrons. The van der Waals surface area contributed by atoms with E-state index in [9.17, 15) is 14.7 Å². The third-order valence-electron chi connectivity index (χ3n) is 6.83. The van der Waals surface area contributed by atoms with Gasteiger partial charge in [-0.15, -0.1) is 0 Å². The van der Waals surface area contributed by atoms with Crippen LogP contribution in [0.2, 0.25) is 0 Å². The molecule has 116 valence electrons. The lowest BCUT2D eigenvalue weighted by molar-refractivity contribution is -0.157. The van der Waals surface area contributed by atoms with Crippen LogP contribution in [0.3, 0.4) is 0 Å². The summed E-state index contributed by atoms with van der Waals surface area (Å²) in [5.41, 5.74) is -1.03. The van der Waals surface area contributed by atoms with Gasteiger partial charge in [-0.2, -0.15) is 0 Å². The van der Waals surface area contributed by atoms with Crippen LogP contribution in [-0.2, 0) is 9.59 Å². The minimum atomic E-state index is -0.580. The van der Waals surface area contributed by atoms with Gasteiger partial charge in [0, 0.05) is 31.3 Å². The molecular formula is C17H25NO3. The van der Waals surface area contributed by atoms with Gasteiger partial charge in [-0.1, -0.05) is 6.92 Å². The number of aliphatic hydroxyl groups excluding tert-OH is 1. The Hall–Kier alpha value is -0.740. The Labute approximate surface area is 125 Å². The van der Waals surface area contributed by atoms with E-state index in [1.54, 1.807) is 0 Å². The number of carbonyl (C=O) groups is 2. The van der Waals surface area contributed by atoms with E-state index in [2.05, 4.69) is 11.8 Å². The van der Waals surface area contributed by atoms with Crippen molar-refractivity contribution in [1.29, 1.82) is 0 Å². The van der Waals surface area contributed by atoms with E-state index < -0.39 is 16.9 Å². The number of ketones is 2. The number of nitrogens with zero attached hydrogens (tertiary/aromatic N) is 1. The van der Waals surface area contributed by atoms with E-state index >= 15 is 0 Å². The number of Topliss-reactive ketones (excluding diaryl/α,β-unsaturated/α-hetero) is 2. The third-order valence-corrected chi connectivity index (χ3v) is 6.83. The molecule has 21 heavy (non-hydrogen) atoms. The van der Waals surface area contributed by atoms with Gasteiger partial charge in [0.15, 0.2) is 0 Å². The van der Waals surface area contributed by atoms with Crippen molar-refractivity contribution in [3.63, 3.8) is 0 Å². The molecule has 2 aliphatic heterocycles. The van der Waals surface area contributed by atoms with Gasteiger partial charge in [-0.25, -0.2) is 0 Å². The second-order valence-electron chi connectivity index (χ2n) is 8.04. The molecule has 0 aromatic heterocycles. The van der Waals surface area contributed by atoms with E-state index in [0.29, 0.717) is 44.1 Å². The zero-order chi connectivity index (χ0) is 14.8. The lowest BCUT2D eigenvalue weighted by Crippen LogP contribution is -2.60. The van der Waals surface area contributed by atoms with Crippen LogP contribution in [0.4, 0.5) is 0 Å². The first-order valence-corrected chi connectivity index (χ1v) is 8.45. The van der Waals surface area contributed by atoms with E-state index in [1.807, 2.05) is 0 Å². The fourth-order valence-electron chi connectivity index (χ4n) is 6.22. The van der Waals surface area contributed by atoms with Crippen molar-refractivity contribution in [3.8, 4) is 0 Å². The highest BCUT2D eigenvalue weighted by Gasteiger charge is 2.70. The van der Waals surface area contributed by atoms with Crippen LogP contribution in [0.5, 0.6) is 0 Å². The maximum Gasteiger partial charge on any atom is 0.141 e. The van der Waals surface area contributed by atoms with Crippen LogP contribution in [0, 0.1) is 22.7 Å². The van der Waals surface area contributed by atoms with Crippen LogP contribution in [0.25, 0.3) is 0 Å². The van der Waals surface area contributed by atoms with Crippen LogP contribution >= 0.6 is 0 Å². The Kier molecular flexibility index (Phi) is 2.90. The highest BCUT2D eigenvalue weighted by atomic mass is 16.3. The molecule has 4 fully saturated rings. The Bertz CT molecular complexity index is 504. The normalized spacial score (nSPS) is 53.0. The molecule has 4 aliphatic rings. The molecule has 2 saturated carbocycles. The molecule has 2 spiro atoms.